The van der Waals surface area contributed by atoms with Crippen LogP contribution >= 0.6 is 11.8 Å². The molecule has 8 nitrogen and oxygen atoms in total. The first-order valence-corrected chi connectivity index (χ1v) is 9.85. The van der Waals surface area contributed by atoms with Gasteiger partial charge in [0.05, 0.1) is 24.3 Å². The van der Waals surface area contributed by atoms with Crippen LogP contribution in [0.5, 0.6) is 17.2 Å². The molecule has 0 unspecified atom stereocenters. The quantitative estimate of drug-likeness (QED) is 0.620. The molecule has 1 saturated heterocycles. The summed E-state index contributed by atoms with van der Waals surface area (Å²) in [6, 6.07) is 12.2. The molecule has 9 heteroatoms. The topological polar surface area (TPSA) is 106 Å². The van der Waals surface area contributed by atoms with Gasteiger partial charge < -0.3 is 24.6 Å². The first kappa shape index (κ1) is 21.3. The molecule has 156 valence electrons. The van der Waals surface area contributed by atoms with Gasteiger partial charge in [-0.1, -0.05) is 6.07 Å². The van der Waals surface area contributed by atoms with Crippen LogP contribution in [0.25, 0.3) is 6.08 Å². The average Bonchev–Trinajstić information content (AvgIpc) is 3.07. The first-order valence-electron chi connectivity index (χ1n) is 9.03. The number of rotatable bonds is 8. The van der Waals surface area contributed by atoms with E-state index in [0.29, 0.717) is 39.4 Å². The molecule has 2 aromatic rings. The molecule has 1 heterocycles. The van der Waals surface area contributed by atoms with E-state index in [9.17, 15) is 9.59 Å². The van der Waals surface area contributed by atoms with Gasteiger partial charge in [0.15, 0.2) is 23.3 Å². The molecule has 0 aromatic heterocycles. The number of ether oxygens (including phenoxy) is 3. The van der Waals surface area contributed by atoms with Gasteiger partial charge >= 0.3 is 5.97 Å². The van der Waals surface area contributed by atoms with E-state index >= 15 is 0 Å². The summed E-state index contributed by atoms with van der Waals surface area (Å²) in [7, 11) is 1.46. The van der Waals surface area contributed by atoms with Crippen LogP contribution in [0, 0.1) is 0 Å². The Morgan fingerprint density at radius 3 is 2.60 bits per heavy atom. The van der Waals surface area contributed by atoms with E-state index in [1.54, 1.807) is 24.3 Å². The van der Waals surface area contributed by atoms with Gasteiger partial charge in [-0.05, 0) is 66.7 Å². The third-order valence-electron chi connectivity index (χ3n) is 3.87. The van der Waals surface area contributed by atoms with Gasteiger partial charge in [-0.2, -0.15) is 0 Å². The van der Waals surface area contributed by atoms with E-state index in [-0.39, 0.29) is 5.91 Å². The highest BCUT2D eigenvalue weighted by molar-refractivity contribution is 8.18. The van der Waals surface area contributed by atoms with E-state index < -0.39 is 12.6 Å². The monoisotopic (exact) mass is 428 g/mol. The molecule has 2 aromatic carbocycles. The highest BCUT2D eigenvalue weighted by Crippen LogP contribution is 2.32. The molecule has 0 atom stereocenters. The number of amidine groups is 1. The Morgan fingerprint density at radius 2 is 1.93 bits per heavy atom. The van der Waals surface area contributed by atoms with Gasteiger partial charge in [-0.15, -0.1) is 0 Å². The molecule has 3 rings (SSSR count). The molecule has 0 spiro atoms. The Labute approximate surface area is 177 Å². The molecule has 0 radical (unpaired) electrons. The standard InChI is InChI=1S/C21H20N2O6S/c1-3-28-15-7-5-14(6-8-15)22-21-23-20(26)18(30-21)11-13-4-9-16(17(10-13)27-2)29-12-19(24)25/h4-11H,3,12H2,1-2H3,(H,24,25)(H,22,23,26). The third kappa shape index (κ3) is 5.54. The zero-order chi connectivity index (χ0) is 21.5. The number of nitrogens with one attached hydrogen (secondary N) is 1. The van der Waals surface area contributed by atoms with Gasteiger partial charge in [-0.25, -0.2) is 9.79 Å². The SMILES string of the molecule is CCOc1ccc(N=C2NC(=O)C(=Cc3ccc(OCC(=O)O)c(OC)c3)S2)cc1. The van der Waals surface area contributed by atoms with Crippen LogP contribution in [0.2, 0.25) is 0 Å². The summed E-state index contributed by atoms with van der Waals surface area (Å²) in [6.07, 6.45) is 1.70. The Bertz CT molecular complexity index is 1000. The molecule has 1 aliphatic rings. The first-order chi connectivity index (χ1) is 14.5. The largest absolute Gasteiger partial charge is 0.494 e. The number of methoxy groups -OCH3 is 1. The third-order valence-corrected chi connectivity index (χ3v) is 4.78. The van der Waals surface area contributed by atoms with Crippen molar-refractivity contribution in [1.29, 1.82) is 0 Å². The molecule has 0 bridgehead atoms. The van der Waals surface area contributed by atoms with Gasteiger partial charge in [-0.3, -0.25) is 4.79 Å². The summed E-state index contributed by atoms with van der Waals surface area (Å²) in [5.74, 6) is 0.104. The van der Waals surface area contributed by atoms with Crippen molar-refractivity contribution in [2.45, 2.75) is 6.92 Å². The van der Waals surface area contributed by atoms with E-state index in [0.717, 1.165) is 5.75 Å². The summed E-state index contributed by atoms with van der Waals surface area (Å²) in [5.41, 5.74) is 1.40. The molecule has 0 saturated carbocycles. The van der Waals surface area contributed by atoms with Gasteiger partial charge in [0.2, 0.25) is 0 Å². The van der Waals surface area contributed by atoms with Crippen molar-refractivity contribution in [1.82, 2.24) is 5.32 Å². The lowest BCUT2D eigenvalue weighted by atomic mass is 10.2. The Kier molecular flexibility index (Phi) is 6.97. The molecular weight excluding hydrogens is 408 g/mol. The summed E-state index contributed by atoms with van der Waals surface area (Å²) in [6.45, 7) is 2.03. The zero-order valence-electron chi connectivity index (χ0n) is 16.4. The van der Waals surface area contributed by atoms with Crippen molar-refractivity contribution in [3.8, 4) is 17.2 Å². The van der Waals surface area contributed by atoms with E-state index in [1.165, 1.54) is 18.9 Å². The lowest BCUT2D eigenvalue weighted by molar-refractivity contribution is -0.139. The average molecular weight is 428 g/mol. The number of thioether (sulfide) groups is 1. The lowest BCUT2D eigenvalue weighted by Crippen LogP contribution is -2.19. The number of benzene rings is 2. The van der Waals surface area contributed by atoms with Gasteiger partial charge in [0.25, 0.3) is 5.91 Å². The Hall–Kier alpha value is -3.46. The maximum absolute atomic E-state index is 12.3. The predicted octanol–water partition coefficient (Wildman–Crippen LogP) is 3.45. The van der Waals surface area contributed by atoms with Gasteiger partial charge in [0, 0.05) is 0 Å². The number of carbonyl (C=O) groups excluding carboxylic acids is 1. The summed E-state index contributed by atoms with van der Waals surface area (Å²) >= 11 is 1.22. The Balaban J connectivity index is 1.74. The number of carboxylic acid groups (broad SMARTS) is 1. The summed E-state index contributed by atoms with van der Waals surface area (Å²) < 4.78 is 15.8. The van der Waals surface area contributed by atoms with Crippen LogP contribution in [0.1, 0.15) is 12.5 Å². The minimum Gasteiger partial charge on any atom is -0.494 e. The van der Waals surface area contributed by atoms with E-state index in [4.69, 9.17) is 19.3 Å². The lowest BCUT2D eigenvalue weighted by Gasteiger charge is -2.09. The predicted molar refractivity (Wildman–Crippen MR) is 115 cm³/mol. The highest BCUT2D eigenvalue weighted by Gasteiger charge is 2.24. The van der Waals surface area contributed by atoms with Crippen molar-refractivity contribution >= 4 is 40.6 Å². The van der Waals surface area contributed by atoms with Crippen LogP contribution in [-0.4, -0.2) is 42.5 Å². The second kappa shape index (κ2) is 9.84. The Morgan fingerprint density at radius 1 is 1.17 bits per heavy atom. The van der Waals surface area contributed by atoms with Crippen molar-refractivity contribution in [3.05, 3.63) is 52.9 Å². The summed E-state index contributed by atoms with van der Waals surface area (Å²) in [5, 5.41) is 12.0. The highest BCUT2D eigenvalue weighted by atomic mass is 32.2. The second-order valence-electron chi connectivity index (χ2n) is 6.00. The number of hydrogen-bond donors (Lipinski definition) is 2. The minimum atomic E-state index is -1.08. The molecule has 30 heavy (non-hydrogen) atoms. The maximum Gasteiger partial charge on any atom is 0.341 e. The minimum absolute atomic E-state index is 0.255. The molecule has 0 aliphatic carbocycles. The number of aliphatic carboxylic acids is 1. The maximum atomic E-state index is 12.3. The van der Waals surface area contributed by atoms with E-state index in [1.807, 2.05) is 31.2 Å². The fourth-order valence-corrected chi connectivity index (χ4v) is 3.41. The van der Waals surface area contributed by atoms with Crippen molar-refractivity contribution < 1.29 is 28.9 Å². The molecule has 1 fully saturated rings. The summed E-state index contributed by atoms with van der Waals surface area (Å²) in [4.78, 5) is 27.9. The van der Waals surface area contributed by atoms with Crippen LogP contribution < -0.4 is 19.5 Å². The number of carbonyl (C=O) groups is 2. The zero-order valence-corrected chi connectivity index (χ0v) is 17.2. The van der Waals surface area contributed by atoms with Crippen LogP contribution in [0.15, 0.2) is 52.4 Å². The van der Waals surface area contributed by atoms with Crippen molar-refractivity contribution in [2.75, 3.05) is 20.3 Å². The number of amides is 1. The number of hydrogen-bond acceptors (Lipinski definition) is 7. The molecule has 1 aliphatic heterocycles. The van der Waals surface area contributed by atoms with Crippen molar-refractivity contribution in [2.24, 2.45) is 4.99 Å². The smallest absolute Gasteiger partial charge is 0.341 e. The van der Waals surface area contributed by atoms with Crippen LogP contribution in [0.4, 0.5) is 5.69 Å². The van der Waals surface area contributed by atoms with Crippen LogP contribution in [0.3, 0.4) is 0 Å². The fraction of sp³-hybridized carbons (Fsp3) is 0.190. The van der Waals surface area contributed by atoms with E-state index in [2.05, 4.69) is 10.3 Å². The molecule has 1 amide bonds. The fourth-order valence-electron chi connectivity index (χ4n) is 2.57. The molecule has 2 N–H and O–H groups in total. The number of nitrogens with zero attached hydrogens (tertiary/aromatic N) is 1. The normalized spacial score (nSPS) is 15.9. The van der Waals surface area contributed by atoms with Crippen LogP contribution in [-0.2, 0) is 9.59 Å². The number of aliphatic imine (C=N–C) groups is 1. The van der Waals surface area contributed by atoms with Crippen molar-refractivity contribution in [3.63, 3.8) is 0 Å². The van der Waals surface area contributed by atoms with Gasteiger partial charge in [0.1, 0.15) is 5.75 Å². The number of carboxylic acids is 1. The second-order valence-corrected chi connectivity index (χ2v) is 7.03. The molecular formula is C21H20N2O6S.